The van der Waals surface area contributed by atoms with E-state index in [4.69, 9.17) is 11.6 Å². The fourth-order valence-electron chi connectivity index (χ4n) is 4.54. The van der Waals surface area contributed by atoms with Crippen LogP contribution in [0.2, 0.25) is 5.02 Å². The Bertz CT molecular complexity index is 1520. The molecule has 1 fully saturated rings. The third-order valence-corrected chi connectivity index (χ3v) is 9.16. The molecule has 1 atom stereocenters. The van der Waals surface area contributed by atoms with Crippen LogP contribution in [0.4, 0.5) is 13.2 Å². The second-order valence-electron chi connectivity index (χ2n) is 9.32. The van der Waals surface area contributed by atoms with Crippen LogP contribution in [0.25, 0.3) is 0 Å². The second-order valence-corrected chi connectivity index (χ2v) is 13.7. The molecule has 1 unspecified atom stereocenters. The maximum absolute atomic E-state index is 13.1. The van der Waals surface area contributed by atoms with Crippen molar-refractivity contribution in [3.63, 3.8) is 0 Å². The molecule has 0 N–H and O–H groups in total. The number of halogens is 4. The van der Waals surface area contributed by atoms with Gasteiger partial charge in [0.15, 0.2) is 25.4 Å². The average Bonchev–Trinajstić information content (AvgIpc) is 3.40. The van der Waals surface area contributed by atoms with Crippen LogP contribution in [-0.2, 0) is 43.7 Å². The summed E-state index contributed by atoms with van der Waals surface area (Å²) in [5.41, 5.74) is 0.212. The summed E-state index contributed by atoms with van der Waals surface area (Å²) in [5, 5.41) is 2.94. The van der Waals surface area contributed by atoms with Crippen molar-refractivity contribution >= 4 is 37.2 Å². The summed E-state index contributed by atoms with van der Waals surface area (Å²) in [6, 6.07) is 4.03. The standard InChI is InChI=1S/C22H24ClF3N4O5S2/c1-13-20(23)21(22(24,25)26)27-30(13)12-19(31)29-10-15-8-28(9-16(15)11-29)7-14-4-5-17(36(2,32)33)6-18(14)37(3,34)35/h4-6,8,16H,7,9-12H2,1-3H3. The Kier molecular flexibility index (Phi) is 6.91. The number of fused-ring (bicyclic) bond motifs is 1. The van der Waals surface area contributed by atoms with Crippen molar-refractivity contribution in [2.45, 2.75) is 36.0 Å². The van der Waals surface area contributed by atoms with Crippen molar-refractivity contribution in [3.8, 4) is 0 Å². The van der Waals surface area contributed by atoms with Gasteiger partial charge in [-0.05, 0) is 30.2 Å². The molecule has 1 aromatic heterocycles. The molecule has 202 valence electrons. The van der Waals surface area contributed by atoms with Crippen LogP contribution in [0.5, 0.6) is 0 Å². The van der Waals surface area contributed by atoms with Gasteiger partial charge < -0.3 is 9.80 Å². The zero-order valence-corrected chi connectivity index (χ0v) is 22.5. The van der Waals surface area contributed by atoms with E-state index in [0.29, 0.717) is 18.7 Å². The van der Waals surface area contributed by atoms with Crippen LogP contribution in [0.1, 0.15) is 17.0 Å². The number of hydrogen-bond donors (Lipinski definition) is 0. The highest BCUT2D eigenvalue weighted by molar-refractivity contribution is 7.91. The summed E-state index contributed by atoms with van der Waals surface area (Å²) in [6.07, 6.45) is -0.862. The highest BCUT2D eigenvalue weighted by atomic mass is 35.5. The van der Waals surface area contributed by atoms with Gasteiger partial charge in [0.25, 0.3) is 0 Å². The minimum absolute atomic E-state index is 0.0195. The van der Waals surface area contributed by atoms with E-state index in [9.17, 15) is 34.8 Å². The van der Waals surface area contributed by atoms with Gasteiger partial charge in [0.1, 0.15) is 6.54 Å². The first-order valence-electron chi connectivity index (χ1n) is 11.0. The van der Waals surface area contributed by atoms with E-state index < -0.39 is 42.5 Å². The predicted molar refractivity (Wildman–Crippen MR) is 128 cm³/mol. The van der Waals surface area contributed by atoms with Gasteiger partial charge >= 0.3 is 6.18 Å². The van der Waals surface area contributed by atoms with Crippen molar-refractivity contribution in [2.75, 3.05) is 32.1 Å². The third-order valence-electron chi connectivity index (χ3n) is 6.42. The van der Waals surface area contributed by atoms with Crippen LogP contribution in [0, 0.1) is 12.8 Å². The second kappa shape index (κ2) is 9.31. The normalized spacial score (nSPS) is 18.4. The average molecular weight is 581 g/mol. The van der Waals surface area contributed by atoms with Crippen molar-refractivity contribution in [1.29, 1.82) is 0 Å². The molecule has 3 heterocycles. The minimum atomic E-state index is -4.73. The highest BCUT2D eigenvalue weighted by Crippen LogP contribution is 2.36. The number of amides is 1. The molecule has 1 amide bonds. The molecule has 1 aromatic carbocycles. The number of hydrogen-bond acceptors (Lipinski definition) is 7. The Balaban J connectivity index is 1.46. The number of likely N-dealkylation sites (tertiary alicyclic amines) is 1. The van der Waals surface area contributed by atoms with Crippen molar-refractivity contribution in [2.24, 2.45) is 5.92 Å². The van der Waals surface area contributed by atoms with E-state index >= 15 is 0 Å². The van der Waals surface area contributed by atoms with Crippen molar-refractivity contribution in [1.82, 2.24) is 19.6 Å². The number of carbonyl (C=O) groups excluding carboxylic acids is 1. The SMILES string of the molecule is Cc1c(Cl)c(C(F)(F)F)nn1CC(=O)N1CC2=CN(Cc3ccc(S(C)(=O)=O)cc3S(C)(=O)=O)CC2C1. The first kappa shape index (κ1) is 27.5. The number of alkyl halides is 3. The molecule has 0 saturated carbocycles. The number of rotatable bonds is 6. The Morgan fingerprint density at radius 3 is 2.35 bits per heavy atom. The molecule has 2 aromatic rings. The topological polar surface area (TPSA) is 110 Å². The van der Waals surface area contributed by atoms with Gasteiger partial charge in [-0.1, -0.05) is 17.7 Å². The lowest BCUT2D eigenvalue weighted by molar-refractivity contribution is -0.142. The largest absolute Gasteiger partial charge is 0.436 e. The Labute approximate surface area is 217 Å². The fraction of sp³-hybridized carbons (Fsp3) is 0.455. The Hall–Kier alpha value is -2.58. The minimum Gasteiger partial charge on any atom is -0.372 e. The molecule has 0 spiro atoms. The lowest BCUT2D eigenvalue weighted by Crippen LogP contribution is -2.34. The maximum Gasteiger partial charge on any atom is 0.436 e. The highest BCUT2D eigenvalue weighted by Gasteiger charge is 2.39. The quantitative estimate of drug-likeness (QED) is 0.516. The molecule has 2 aliphatic rings. The van der Waals surface area contributed by atoms with E-state index in [1.807, 2.05) is 11.1 Å². The van der Waals surface area contributed by atoms with Gasteiger partial charge in [-0.15, -0.1) is 0 Å². The summed E-state index contributed by atoms with van der Waals surface area (Å²) in [6.45, 7) is 2.35. The molecule has 15 heteroatoms. The van der Waals surface area contributed by atoms with Gasteiger partial charge in [0, 0.05) is 50.8 Å². The van der Waals surface area contributed by atoms with E-state index in [2.05, 4.69) is 5.10 Å². The third kappa shape index (κ3) is 5.65. The van der Waals surface area contributed by atoms with Crippen LogP contribution in [0.15, 0.2) is 39.8 Å². The molecule has 0 aliphatic carbocycles. The van der Waals surface area contributed by atoms with E-state index in [0.717, 1.165) is 28.8 Å². The van der Waals surface area contributed by atoms with Crippen LogP contribution < -0.4 is 0 Å². The Morgan fingerprint density at radius 1 is 1.14 bits per heavy atom. The molecular formula is C22H24ClF3N4O5S2. The lowest BCUT2D eigenvalue weighted by atomic mass is 10.1. The van der Waals surface area contributed by atoms with Crippen LogP contribution >= 0.6 is 11.6 Å². The summed E-state index contributed by atoms with van der Waals surface area (Å²) in [5.74, 6) is -0.414. The number of sulfone groups is 2. The molecule has 1 saturated heterocycles. The zero-order chi connectivity index (χ0) is 27.5. The van der Waals surface area contributed by atoms with E-state index in [1.165, 1.54) is 19.1 Å². The predicted octanol–water partition coefficient (Wildman–Crippen LogP) is 2.53. The fourth-order valence-corrected chi connectivity index (χ4v) is 6.45. The lowest BCUT2D eigenvalue weighted by Gasteiger charge is -2.22. The van der Waals surface area contributed by atoms with Gasteiger partial charge in [-0.2, -0.15) is 18.3 Å². The molecule has 37 heavy (non-hydrogen) atoms. The molecule has 0 bridgehead atoms. The maximum atomic E-state index is 13.1. The van der Waals surface area contributed by atoms with Gasteiger partial charge in [0.05, 0.1) is 20.5 Å². The first-order chi connectivity index (χ1) is 16.9. The van der Waals surface area contributed by atoms with Crippen LogP contribution in [0.3, 0.4) is 0 Å². The number of aromatic nitrogens is 2. The van der Waals surface area contributed by atoms with E-state index in [1.54, 1.807) is 4.90 Å². The molecule has 4 rings (SSSR count). The van der Waals surface area contributed by atoms with E-state index in [-0.39, 0.29) is 41.0 Å². The molecule has 0 radical (unpaired) electrons. The Morgan fingerprint density at radius 2 is 1.81 bits per heavy atom. The zero-order valence-electron chi connectivity index (χ0n) is 20.1. The van der Waals surface area contributed by atoms with Crippen molar-refractivity contribution < 1.29 is 34.8 Å². The summed E-state index contributed by atoms with van der Waals surface area (Å²) < 4.78 is 88.5. The van der Waals surface area contributed by atoms with Gasteiger partial charge in [0.2, 0.25) is 5.91 Å². The molecular weight excluding hydrogens is 557 g/mol. The van der Waals surface area contributed by atoms with Gasteiger partial charge in [-0.25, -0.2) is 16.8 Å². The summed E-state index contributed by atoms with van der Waals surface area (Å²) in [4.78, 5) is 16.1. The number of nitrogens with zero attached hydrogens (tertiary/aromatic N) is 4. The summed E-state index contributed by atoms with van der Waals surface area (Å²) in [7, 11) is -7.28. The summed E-state index contributed by atoms with van der Waals surface area (Å²) >= 11 is 5.76. The van der Waals surface area contributed by atoms with Crippen molar-refractivity contribution in [3.05, 3.63) is 51.9 Å². The number of carbonyl (C=O) groups is 1. The van der Waals surface area contributed by atoms with Crippen LogP contribution in [-0.4, -0.2) is 74.5 Å². The molecule has 9 nitrogen and oxygen atoms in total. The smallest absolute Gasteiger partial charge is 0.372 e. The number of benzene rings is 1. The van der Waals surface area contributed by atoms with Gasteiger partial charge in [-0.3, -0.25) is 9.48 Å². The first-order valence-corrected chi connectivity index (χ1v) is 15.2. The molecule has 2 aliphatic heterocycles. The monoisotopic (exact) mass is 580 g/mol.